The molecule has 1 saturated heterocycles. The van der Waals surface area contributed by atoms with Crippen LogP contribution in [0.4, 0.5) is 0 Å². The minimum Gasteiger partial charge on any atom is -0.480 e. The van der Waals surface area contributed by atoms with Crippen LogP contribution >= 0.6 is 24.0 Å². The van der Waals surface area contributed by atoms with Gasteiger partial charge in [0.05, 0.1) is 10.5 Å². The maximum Gasteiger partial charge on any atom is 0.335 e. The molecule has 1 aromatic carbocycles. The second-order valence-electron chi connectivity index (χ2n) is 5.51. The van der Waals surface area contributed by atoms with Gasteiger partial charge in [-0.3, -0.25) is 9.69 Å². The molecule has 6 nitrogen and oxygen atoms in total. The highest BCUT2D eigenvalue weighted by Crippen LogP contribution is 2.35. The van der Waals surface area contributed by atoms with Gasteiger partial charge in [-0.05, 0) is 29.7 Å². The summed E-state index contributed by atoms with van der Waals surface area (Å²) >= 11 is 6.21. The van der Waals surface area contributed by atoms with Crippen LogP contribution in [0.5, 0.6) is 0 Å². The van der Waals surface area contributed by atoms with Crippen LogP contribution in [-0.4, -0.2) is 43.3 Å². The number of aromatic carboxylic acids is 1. The van der Waals surface area contributed by atoms with Crippen molar-refractivity contribution in [3.63, 3.8) is 0 Å². The lowest BCUT2D eigenvalue weighted by Gasteiger charge is -2.26. The fourth-order valence-corrected chi connectivity index (χ4v) is 3.62. The topological polar surface area (TPSA) is 94.9 Å². The SMILES string of the molecule is CC(C)[C@@H](C(=O)O)N1C(=O)/C(=C\c2ccc(C(=O)O)cc2)SC1=S. The highest BCUT2D eigenvalue weighted by Gasteiger charge is 2.41. The summed E-state index contributed by atoms with van der Waals surface area (Å²) in [7, 11) is 0. The molecule has 1 fully saturated rings. The third-order valence-corrected chi connectivity index (χ3v) is 4.77. The van der Waals surface area contributed by atoms with Gasteiger partial charge in [0, 0.05) is 0 Å². The zero-order chi connectivity index (χ0) is 18.0. The van der Waals surface area contributed by atoms with E-state index >= 15 is 0 Å². The summed E-state index contributed by atoms with van der Waals surface area (Å²) < 4.78 is 0.203. The molecule has 1 aliphatic rings. The monoisotopic (exact) mass is 365 g/mol. The van der Waals surface area contributed by atoms with Gasteiger partial charge in [0.25, 0.3) is 5.91 Å². The Morgan fingerprint density at radius 3 is 2.25 bits per heavy atom. The second-order valence-corrected chi connectivity index (χ2v) is 7.18. The van der Waals surface area contributed by atoms with E-state index in [4.69, 9.17) is 17.3 Å². The third-order valence-electron chi connectivity index (χ3n) is 3.44. The zero-order valence-corrected chi connectivity index (χ0v) is 14.6. The number of benzene rings is 1. The number of aliphatic carboxylic acids is 1. The molecule has 126 valence electrons. The Morgan fingerprint density at radius 2 is 1.79 bits per heavy atom. The van der Waals surface area contributed by atoms with Gasteiger partial charge in [0.2, 0.25) is 0 Å². The number of carboxylic acids is 2. The van der Waals surface area contributed by atoms with Crippen LogP contribution in [0.1, 0.15) is 29.8 Å². The number of thioether (sulfide) groups is 1. The number of carboxylic acid groups (broad SMARTS) is 2. The largest absolute Gasteiger partial charge is 0.480 e. The van der Waals surface area contributed by atoms with Gasteiger partial charge in [-0.15, -0.1) is 0 Å². The summed E-state index contributed by atoms with van der Waals surface area (Å²) in [6, 6.07) is 5.00. The normalized spacial score (nSPS) is 17.6. The predicted octanol–water partition coefficient (Wildman–Crippen LogP) is 2.70. The van der Waals surface area contributed by atoms with Crippen LogP contribution in [0.3, 0.4) is 0 Å². The Labute approximate surface area is 148 Å². The first kappa shape index (κ1) is 18.2. The second kappa shape index (κ2) is 7.14. The fourth-order valence-electron chi connectivity index (χ4n) is 2.29. The molecule has 1 amide bonds. The van der Waals surface area contributed by atoms with E-state index in [2.05, 4.69) is 0 Å². The highest BCUT2D eigenvalue weighted by atomic mass is 32.2. The number of carbonyl (C=O) groups is 3. The molecule has 0 spiro atoms. The molecule has 8 heteroatoms. The summed E-state index contributed by atoms with van der Waals surface area (Å²) in [5.41, 5.74) is 0.780. The molecule has 1 atom stereocenters. The summed E-state index contributed by atoms with van der Waals surface area (Å²) in [6.07, 6.45) is 1.57. The van der Waals surface area contributed by atoms with Crippen molar-refractivity contribution in [2.75, 3.05) is 0 Å². The average molecular weight is 365 g/mol. The Kier molecular flexibility index (Phi) is 5.40. The lowest BCUT2D eigenvalue weighted by Crippen LogP contribution is -2.47. The fraction of sp³-hybridized carbons (Fsp3) is 0.250. The Bertz CT molecular complexity index is 739. The molecule has 0 unspecified atom stereocenters. The molecular weight excluding hydrogens is 350 g/mol. The van der Waals surface area contributed by atoms with Gasteiger partial charge in [-0.1, -0.05) is 50.0 Å². The summed E-state index contributed by atoms with van der Waals surface area (Å²) in [4.78, 5) is 36.3. The van der Waals surface area contributed by atoms with Crippen molar-refractivity contribution >= 4 is 52.2 Å². The number of amides is 1. The molecule has 0 aromatic heterocycles. The lowest BCUT2D eigenvalue weighted by atomic mass is 10.0. The number of rotatable bonds is 5. The van der Waals surface area contributed by atoms with E-state index < -0.39 is 23.9 Å². The van der Waals surface area contributed by atoms with E-state index in [-0.39, 0.29) is 15.8 Å². The van der Waals surface area contributed by atoms with Gasteiger partial charge in [-0.25, -0.2) is 9.59 Å². The molecule has 1 aromatic rings. The maximum absolute atomic E-state index is 12.5. The Balaban J connectivity index is 2.30. The van der Waals surface area contributed by atoms with Crippen molar-refractivity contribution in [1.82, 2.24) is 4.90 Å². The molecule has 2 rings (SSSR count). The molecule has 1 aliphatic heterocycles. The van der Waals surface area contributed by atoms with Crippen molar-refractivity contribution in [2.24, 2.45) is 5.92 Å². The van der Waals surface area contributed by atoms with Crippen molar-refractivity contribution in [3.8, 4) is 0 Å². The van der Waals surface area contributed by atoms with Crippen LogP contribution in [-0.2, 0) is 9.59 Å². The number of thiocarbonyl (C=S) groups is 1. The average Bonchev–Trinajstić information content (AvgIpc) is 2.75. The summed E-state index contributed by atoms with van der Waals surface area (Å²) in [5.74, 6) is -2.88. The first-order valence-electron chi connectivity index (χ1n) is 7.05. The molecular formula is C16H15NO5S2. The number of hydrogen-bond donors (Lipinski definition) is 2. The molecule has 24 heavy (non-hydrogen) atoms. The minimum absolute atomic E-state index is 0.144. The minimum atomic E-state index is -1.10. The van der Waals surface area contributed by atoms with E-state index in [0.29, 0.717) is 10.5 Å². The van der Waals surface area contributed by atoms with Gasteiger partial charge < -0.3 is 10.2 Å². The summed E-state index contributed by atoms with van der Waals surface area (Å²) in [5, 5.41) is 18.2. The van der Waals surface area contributed by atoms with Crippen molar-refractivity contribution in [3.05, 3.63) is 40.3 Å². The number of hydrogen-bond acceptors (Lipinski definition) is 5. The van der Waals surface area contributed by atoms with Crippen LogP contribution in [0.15, 0.2) is 29.2 Å². The van der Waals surface area contributed by atoms with E-state index in [1.807, 2.05) is 0 Å². The van der Waals surface area contributed by atoms with Crippen molar-refractivity contribution in [1.29, 1.82) is 0 Å². The smallest absolute Gasteiger partial charge is 0.335 e. The van der Waals surface area contributed by atoms with E-state index in [0.717, 1.165) is 16.7 Å². The third kappa shape index (κ3) is 3.65. The quantitative estimate of drug-likeness (QED) is 0.612. The lowest BCUT2D eigenvalue weighted by molar-refractivity contribution is -0.146. The van der Waals surface area contributed by atoms with Crippen LogP contribution in [0, 0.1) is 5.92 Å². The van der Waals surface area contributed by atoms with Crippen LogP contribution < -0.4 is 0 Å². The van der Waals surface area contributed by atoms with Crippen LogP contribution in [0.2, 0.25) is 0 Å². The Morgan fingerprint density at radius 1 is 1.21 bits per heavy atom. The van der Waals surface area contributed by atoms with E-state index in [1.165, 1.54) is 12.1 Å². The first-order valence-corrected chi connectivity index (χ1v) is 8.28. The van der Waals surface area contributed by atoms with Crippen molar-refractivity contribution in [2.45, 2.75) is 19.9 Å². The molecule has 0 aliphatic carbocycles. The molecule has 0 radical (unpaired) electrons. The highest BCUT2D eigenvalue weighted by molar-refractivity contribution is 8.26. The first-order chi connectivity index (χ1) is 11.2. The maximum atomic E-state index is 12.5. The van der Waals surface area contributed by atoms with Gasteiger partial charge in [-0.2, -0.15) is 0 Å². The molecule has 0 saturated carbocycles. The van der Waals surface area contributed by atoms with Gasteiger partial charge in [0.15, 0.2) is 0 Å². The summed E-state index contributed by atoms with van der Waals surface area (Å²) in [6.45, 7) is 3.43. The van der Waals surface area contributed by atoms with Gasteiger partial charge >= 0.3 is 11.9 Å². The molecule has 1 heterocycles. The number of nitrogens with zero attached hydrogens (tertiary/aromatic N) is 1. The van der Waals surface area contributed by atoms with Gasteiger partial charge in [0.1, 0.15) is 10.4 Å². The Hall–Kier alpha value is -2.19. The van der Waals surface area contributed by atoms with E-state index in [1.54, 1.807) is 32.1 Å². The molecule has 0 bridgehead atoms. The standard InChI is InChI=1S/C16H15NO5S2/c1-8(2)12(15(21)22)17-13(18)11(24-16(17)23)7-9-3-5-10(6-4-9)14(19)20/h3-8,12H,1-2H3,(H,19,20)(H,21,22)/b11-7+/t12-/m0/s1. The zero-order valence-electron chi connectivity index (χ0n) is 12.9. The van der Waals surface area contributed by atoms with Crippen molar-refractivity contribution < 1.29 is 24.6 Å². The predicted molar refractivity (Wildman–Crippen MR) is 94.7 cm³/mol. The van der Waals surface area contributed by atoms with Crippen LogP contribution in [0.25, 0.3) is 6.08 Å². The van der Waals surface area contributed by atoms with E-state index in [9.17, 15) is 19.5 Å². The number of carbonyl (C=O) groups excluding carboxylic acids is 1. The molecule has 2 N–H and O–H groups in total.